The summed E-state index contributed by atoms with van der Waals surface area (Å²) in [6.45, 7) is 0.199. The summed E-state index contributed by atoms with van der Waals surface area (Å²) in [5, 5.41) is 21.3. The molecular formula is C17H20N6O. The van der Waals surface area contributed by atoms with Gasteiger partial charge in [-0.1, -0.05) is 30.2 Å². The lowest BCUT2D eigenvalue weighted by atomic mass is 9.85. The molecule has 1 aliphatic carbocycles. The van der Waals surface area contributed by atoms with Crippen molar-refractivity contribution in [1.29, 1.82) is 0 Å². The first kappa shape index (κ1) is 15.0. The summed E-state index contributed by atoms with van der Waals surface area (Å²) in [5.41, 5.74) is 1.74. The first-order valence-electron chi connectivity index (χ1n) is 8.36. The third-order valence-corrected chi connectivity index (χ3v) is 4.67. The molecule has 24 heavy (non-hydrogen) atoms. The van der Waals surface area contributed by atoms with Crippen LogP contribution >= 0.6 is 0 Å². The highest BCUT2D eigenvalue weighted by Crippen LogP contribution is 2.26. The minimum absolute atomic E-state index is 0.199. The van der Waals surface area contributed by atoms with E-state index in [9.17, 15) is 5.11 Å². The quantitative estimate of drug-likeness (QED) is 0.764. The van der Waals surface area contributed by atoms with Gasteiger partial charge in [-0.3, -0.25) is 0 Å². The summed E-state index contributed by atoms with van der Waals surface area (Å²) < 4.78 is 1.71. The van der Waals surface area contributed by atoms with Crippen LogP contribution < -0.4 is 5.32 Å². The first-order valence-corrected chi connectivity index (χ1v) is 8.36. The van der Waals surface area contributed by atoms with E-state index in [1.165, 1.54) is 12.8 Å². The molecule has 7 nitrogen and oxygen atoms in total. The molecule has 0 amide bonds. The fourth-order valence-corrected chi connectivity index (χ4v) is 3.36. The van der Waals surface area contributed by atoms with E-state index >= 15 is 0 Å². The molecule has 1 aromatic carbocycles. The topological polar surface area (TPSA) is 88.8 Å². The molecule has 0 radical (unpaired) electrons. The van der Waals surface area contributed by atoms with Crippen LogP contribution in [0, 0.1) is 5.92 Å². The van der Waals surface area contributed by atoms with Crippen LogP contribution in [0.3, 0.4) is 0 Å². The van der Waals surface area contributed by atoms with Crippen molar-refractivity contribution in [1.82, 2.24) is 25.0 Å². The average molecular weight is 324 g/mol. The van der Waals surface area contributed by atoms with Gasteiger partial charge in [-0.15, -0.1) is 5.10 Å². The maximum atomic E-state index is 9.56. The van der Waals surface area contributed by atoms with Crippen molar-refractivity contribution in [3.8, 4) is 5.82 Å². The van der Waals surface area contributed by atoms with Gasteiger partial charge in [0.15, 0.2) is 5.82 Å². The normalized spacial score (nSPS) is 21.0. The second-order valence-electron chi connectivity index (χ2n) is 6.21. The molecule has 4 rings (SSSR count). The summed E-state index contributed by atoms with van der Waals surface area (Å²) in [6.07, 6.45) is 6.14. The third-order valence-electron chi connectivity index (χ3n) is 4.67. The van der Waals surface area contributed by atoms with Crippen molar-refractivity contribution in [3.63, 3.8) is 0 Å². The Morgan fingerprint density at radius 1 is 1.17 bits per heavy atom. The molecule has 3 aromatic rings. The van der Waals surface area contributed by atoms with Gasteiger partial charge in [0.05, 0.1) is 5.52 Å². The molecule has 1 fully saturated rings. The van der Waals surface area contributed by atoms with Crippen LogP contribution in [-0.4, -0.2) is 42.7 Å². The van der Waals surface area contributed by atoms with Crippen LogP contribution in [0.25, 0.3) is 16.9 Å². The summed E-state index contributed by atoms with van der Waals surface area (Å²) in [4.78, 5) is 8.91. The van der Waals surface area contributed by atoms with Crippen molar-refractivity contribution in [2.24, 2.45) is 5.92 Å². The van der Waals surface area contributed by atoms with Gasteiger partial charge >= 0.3 is 0 Å². The average Bonchev–Trinajstić information content (AvgIpc) is 3.06. The monoisotopic (exact) mass is 324 g/mol. The summed E-state index contributed by atoms with van der Waals surface area (Å²) >= 11 is 0. The van der Waals surface area contributed by atoms with Crippen molar-refractivity contribution in [3.05, 3.63) is 36.5 Å². The number of anilines is 1. The SMILES string of the molecule is OC[C@H]1CCCC[C@H]1Nc1nccc(-n2nnc3ccccc32)n1. The van der Waals surface area contributed by atoms with Gasteiger partial charge in [0.25, 0.3) is 0 Å². The van der Waals surface area contributed by atoms with Crippen LogP contribution in [0.1, 0.15) is 25.7 Å². The number of fused-ring (bicyclic) bond motifs is 1. The van der Waals surface area contributed by atoms with Gasteiger partial charge in [0.1, 0.15) is 5.52 Å². The first-order chi connectivity index (χ1) is 11.8. The van der Waals surface area contributed by atoms with E-state index in [2.05, 4.69) is 25.6 Å². The van der Waals surface area contributed by atoms with E-state index in [1.807, 2.05) is 30.3 Å². The van der Waals surface area contributed by atoms with Gasteiger partial charge in [-0.2, -0.15) is 9.67 Å². The van der Waals surface area contributed by atoms with Gasteiger partial charge in [-0.05, 0) is 25.0 Å². The Kier molecular flexibility index (Phi) is 4.08. The smallest absolute Gasteiger partial charge is 0.224 e. The molecule has 2 heterocycles. The Morgan fingerprint density at radius 2 is 2.04 bits per heavy atom. The van der Waals surface area contributed by atoms with Crippen LogP contribution in [0.15, 0.2) is 36.5 Å². The number of benzene rings is 1. The zero-order valence-electron chi connectivity index (χ0n) is 13.3. The number of hydrogen-bond donors (Lipinski definition) is 2. The standard InChI is InChI=1S/C17H20N6O/c24-11-12-5-1-2-6-13(12)19-17-18-10-9-16(20-17)23-15-8-4-3-7-14(15)21-22-23/h3-4,7-10,12-13,24H,1-2,5-6,11H2,(H,18,19,20)/t12-,13-/m1/s1. The predicted octanol–water partition coefficient (Wildman–Crippen LogP) is 2.17. The lowest BCUT2D eigenvalue weighted by molar-refractivity contribution is 0.178. The second-order valence-corrected chi connectivity index (χ2v) is 6.21. The van der Waals surface area contributed by atoms with Gasteiger partial charge in [0, 0.05) is 30.8 Å². The molecule has 1 saturated carbocycles. The Balaban J connectivity index is 1.62. The molecule has 0 bridgehead atoms. The van der Waals surface area contributed by atoms with E-state index in [4.69, 9.17) is 0 Å². The van der Waals surface area contributed by atoms with E-state index in [0.29, 0.717) is 11.8 Å². The van der Waals surface area contributed by atoms with Crippen molar-refractivity contribution >= 4 is 17.0 Å². The molecule has 0 aliphatic heterocycles. The van der Waals surface area contributed by atoms with Gasteiger partial charge in [-0.25, -0.2) is 4.98 Å². The third kappa shape index (κ3) is 2.82. The van der Waals surface area contributed by atoms with E-state index < -0.39 is 0 Å². The fraction of sp³-hybridized carbons (Fsp3) is 0.412. The number of nitrogens with one attached hydrogen (secondary N) is 1. The Hall–Kier alpha value is -2.54. The number of aliphatic hydroxyl groups excluding tert-OH is 1. The second kappa shape index (κ2) is 6.52. The van der Waals surface area contributed by atoms with Crippen molar-refractivity contribution < 1.29 is 5.11 Å². The molecular weight excluding hydrogens is 304 g/mol. The molecule has 2 aromatic heterocycles. The number of hydrogen-bond acceptors (Lipinski definition) is 6. The van der Waals surface area contributed by atoms with Crippen LogP contribution in [0.5, 0.6) is 0 Å². The summed E-state index contributed by atoms with van der Waals surface area (Å²) in [7, 11) is 0. The molecule has 124 valence electrons. The minimum atomic E-state index is 0.199. The number of aromatic nitrogens is 5. The molecule has 1 aliphatic rings. The van der Waals surface area contributed by atoms with Crippen LogP contribution in [0.4, 0.5) is 5.95 Å². The van der Waals surface area contributed by atoms with E-state index in [1.54, 1.807) is 10.9 Å². The minimum Gasteiger partial charge on any atom is -0.396 e. The van der Waals surface area contributed by atoms with E-state index in [0.717, 1.165) is 23.9 Å². The Labute approximate surface area is 139 Å². The summed E-state index contributed by atoms with van der Waals surface area (Å²) in [6, 6.07) is 9.81. The largest absolute Gasteiger partial charge is 0.396 e. The molecule has 0 spiro atoms. The molecule has 0 saturated heterocycles. The lowest BCUT2D eigenvalue weighted by Gasteiger charge is -2.30. The van der Waals surface area contributed by atoms with Crippen LogP contribution in [0.2, 0.25) is 0 Å². The molecule has 7 heteroatoms. The highest BCUT2D eigenvalue weighted by Gasteiger charge is 2.25. The number of nitrogens with zero attached hydrogens (tertiary/aromatic N) is 5. The van der Waals surface area contributed by atoms with Crippen LogP contribution in [-0.2, 0) is 0 Å². The molecule has 2 atom stereocenters. The lowest BCUT2D eigenvalue weighted by Crippen LogP contribution is -2.35. The fourth-order valence-electron chi connectivity index (χ4n) is 3.36. The molecule has 2 N–H and O–H groups in total. The molecule has 0 unspecified atom stereocenters. The maximum Gasteiger partial charge on any atom is 0.224 e. The maximum absolute atomic E-state index is 9.56. The number of para-hydroxylation sites is 1. The Morgan fingerprint density at radius 3 is 2.96 bits per heavy atom. The number of rotatable bonds is 4. The zero-order chi connectivity index (χ0) is 16.4. The highest BCUT2D eigenvalue weighted by molar-refractivity contribution is 5.75. The van der Waals surface area contributed by atoms with Crippen molar-refractivity contribution in [2.45, 2.75) is 31.7 Å². The number of aliphatic hydroxyl groups is 1. The summed E-state index contributed by atoms with van der Waals surface area (Å²) in [5.74, 6) is 1.51. The van der Waals surface area contributed by atoms with E-state index in [-0.39, 0.29) is 18.6 Å². The highest BCUT2D eigenvalue weighted by atomic mass is 16.3. The zero-order valence-corrected chi connectivity index (χ0v) is 13.3. The predicted molar refractivity (Wildman–Crippen MR) is 90.9 cm³/mol. The Bertz CT molecular complexity index is 833. The van der Waals surface area contributed by atoms with Crippen molar-refractivity contribution in [2.75, 3.05) is 11.9 Å². The van der Waals surface area contributed by atoms with Gasteiger partial charge < -0.3 is 10.4 Å². The van der Waals surface area contributed by atoms with Gasteiger partial charge in [0.2, 0.25) is 5.95 Å².